The van der Waals surface area contributed by atoms with E-state index in [-0.39, 0.29) is 52.8 Å². The first-order valence-electron chi connectivity index (χ1n) is 11.1. The fourth-order valence-corrected chi connectivity index (χ4v) is 4.68. The van der Waals surface area contributed by atoms with Crippen LogP contribution in [-0.2, 0) is 17.4 Å². The first-order chi connectivity index (χ1) is 16.9. The predicted molar refractivity (Wildman–Crippen MR) is 144 cm³/mol. The van der Waals surface area contributed by atoms with Gasteiger partial charge in [0.1, 0.15) is 11.5 Å². The second kappa shape index (κ2) is 13.3. The molecule has 0 amide bonds. The van der Waals surface area contributed by atoms with E-state index < -0.39 is 7.82 Å². The Balaban J connectivity index is 0.00000361. The fourth-order valence-electron chi connectivity index (χ4n) is 3.74. The summed E-state index contributed by atoms with van der Waals surface area (Å²) in [6.45, 7) is 0. The predicted octanol–water partition coefficient (Wildman–Crippen LogP) is 6.53. The topological polar surface area (TPSA) is 72.8 Å². The molecule has 2 atom stereocenters. The van der Waals surface area contributed by atoms with Gasteiger partial charge >= 0.3 is 37.4 Å². The molecule has 36 heavy (non-hydrogen) atoms. The van der Waals surface area contributed by atoms with Crippen LogP contribution in [0, 0.1) is 5.92 Å². The summed E-state index contributed by atoms with van der Waals surface area (Å²) in [4.78, 5) is 23.5. The third-order valence-corrected chi connectivity index (χ3v) is 6.55. The molecule has 1 N–H and O–H groups in total. The van der Waals surface area contributed by atoms with E-state index in [1.807, 2.05) is 54.6 Å². The maximum absolute atomic E-state index is 13.5. The number of para-hydroxylation sites is 1. The van der Waals surface area contributed by atoms with Crippen molar-refractivity contribution in [1.29, 1.82) is 0 Å². The molecule has 4 rings (SSSR count). The Labute approximate surface area is 238 Å². The average Bonchev–Trinajstić information content (AvgIpc) is 2.86. The molecule has 0 fully saturated rings. The molecular weight excluding hydrogens is 506 g/mol. The molecule has 8 heteroatoms. The van der Waals surface area contributed by atoms with Crippen molar-refractivity contribution in [3.63, 3.8) is 0 Å². The van der Waals surface area contributed by atoms with Crippen molar-refractivity contribution in [1.82, 2.24) is 0 Å². The minimum absolute atomic E-state index is 0. The van der Waals surface area contributed by atoms with Crippen LogP contribution in [0.5, 0.6) is 11.5 Å². The molecule has 0 spiro atoms. The van der Waals surface area contributed by atoms with Crippen LogP contribution in [0.2, 0.25) is 5.02 Å². The van der Waals surface area contributed by atoms with Crippen molar-refractivity contribution in [2.45, 2.75) is 12.8 Å². The number of hydrogen-bond donors (Lipinski definition) is 1. The molecule has 0 saturated carbocycles. The summed E-state index contributed by atoms with van der Waals surface area (Å²) >= 11 is 6.02. The fraction of sp³-hybridized carbons (Fsp3) is 0.107. The Kier molecular flexibility index (Phi) is 10.4. The molecule has 5 nitrogen and oxygen atoms in total. The zero-order chi connectivity index (χ0) is 24.7. The molecular formula is C28H25ClNaO5P. The van der Waals surface area contributed by atoms with Crippen LogP contribution >= 0.6 is 19.4 Å². The standard InChI is InChI=1S/C28H24ClO5P.Na.H/c29-25-15-11-22(12-16-25)20-24(19-21-7-3-1-4-8-21)28(30)23-13-17-27(18-14-23)34-35(31,32)33-26-9-5-2-6-10-26;;/h1-18,24H,19-20H2,(H,31,32);;. The Hall–Kier alpha value is -2.37. The monoisotopic (exact) mass is 530 g/mol. The van der Waals surface area contributed by atoms with Crippen molar-refractivity contribution >= 4 is 54.8 Å². The van der Waals surface area contributed by atoms with Gasteiger partial charge in [-0.05, 0) is 72.5 Å². The number of hydrogen-bond acceptors (Lipinski definition) is 4. The number of Topliss-reactive ketones (excluding diaryl/α,β-unsaturated/α-hetero) is 1. The number of halogens is 1. The van der Waals surface area contributed by atoms with Gasteiger partial charge in [-0.15, -0.1) is 0 Å². The second-order valence-corrected chi connectivity index (χ2v) is 9.81. The third-order valence-electron chi connectivity index (χ3n) is 5.41. The number of ketones is 1. The first kappa shape index (κ1) is 28.2. The molecule has 0 radical (unpaired) electrons. The van der Waals surface area contributed by atoms with Crippen LogP contribution in [0.3, 0.4) is 0 Å². The number of carbonyl (C=O) groups is 1. The van der Waals surface area contributed by atoms with Gasteiger partial charge in [0.15, 0.2) is 5.78 Å². The normalized spacial score (nSPS) is 13.1. The average molecular weight is 531 g/mol. The Bertz CT molecular complexity index is 1300. The molecule has 4 aromatic carbocycles. The molecule has 180 valence electrons. The van der Waals surface area contributed by atoms with Gasteiger partial charge in [-0.1, -0.05) is 72.3 Å². The Morgan fingerprint density at radius 1 is 0.722 bits per heavy atom. The van der Waals surface area contributed by atoms with E-state index in [0.717, 1.165) is 11.1 Å². The summed E-state index contributed by atoms with van der Waals surface area (Å²) in [5.41, 5.74) is 2.57. The van der Waals surface area contributed by atoms with E-state index in [1.165, 1.54) is 12.1 Å². The molecule has 0 aliphatic rings. The van der Waals surface area contributed by atoms with Crippen LogP contribution in [0.25, 0.3) is 0 Å². The van der Waals surface area contributed by atoms with Crippen LogP contribution in [0.4, 0.5) is 0 Å². The summed E-state index contributed by atoms with van der Waals surface area (Å²) in [7, 11) is -4.39. The third kappa shape index (κ3) is 8.35. The van der Waals surface area contributed by atoms with Crippen LogP contribution in [0.1, 0.15) is 21.5 Å². The number of benzene rings is 4. The SMILES string of the molecule is O=C(c1ccc(OP(=O)(O)Oc2ccccc2)cc1)C(Cc1ccccc1)Cc1ccc(Cl)cc1.[NaH]. The van der Waals surface area contributed by atoms with E-state index >= 15 is 0 Å². The van der Waals surface area contributed by atoms with Gasteiger partial charge < -0.3 is 9.05 Å². The number of carbonyl (C=O) groups excluding carboxylic acids is 1. The van der Waals surface area contributed by atoms with E-state index in [2.05, 4.69) is 0 Å². The number of rotatable bonds is 10. The van der Waals surface area contributed by atoms with Gasteiger partial charge in [-0.3, -0.25) is 9.69 Å². The maximum atomic E-state index is 13.5. The summed E-state index contributed by atoms with van der Waals surface area (Å²) in [5.74, 6) is 0.0236. The molecule has 0 aliphatic heterocycles. The molecule has 0 aliphatic carbocycles. The van der Waals surface area contributed by atoms with Gasteiger partial charge in [0.2, 0.25) is 0 Å². The summed E-state index contributed by atoms with van der Waals surface area (Å²) < 4.78 is 22.6. The quantitative estimate of drug-likeness (QED) is 0.143. The van der Waals surface area contributed by atoms with E-state index in [1.54, 1.807) is 42.5 Å². The van der Waals surface area contributed by atoms with E-state index in [0.29, 0.717) is 23.4 Å². The van der Waals surface area contributed by atoms with E-state index in [4.69, 9.17) is 20.6 Å². The van der Waals surface area contributed by atoms with Crippen molar-refractivity contribution in [3.05, 3.63) is 131 Å². The van der Waals surface area contributed by atoms with Crippen molar-refractivity contribution in [2.75, 3.05) is 0 Å². The minimum atomic E-state index is -4.39. The molecule has 0 aromatic heterocycles. The summed E-state index contributed by atoms with van der Waals surface area (Å²) in [6, 6.07) is 31.8. The Morgan fingerprint density at radius 3 is 1.75 bits per heavy atom. The molecule has 4 aromatic rings. The van der Waals surface area contributed by atoms with Crippen LogP contribution in [-0.4, -0.2) is 40.2 Å². The van der Waals surface area contributed by atoms with Gasteiger partial charge in [0.25, 0.3) is 0 Å². The van der Waals surface area contributed by atoms with Gasteiger partial charge in [0.05, 0.1) is 0 Å². The van der Waals surface area contributed by atoms with Crippen LogP contribution in [0.15, 0.2) is 109 Å². The summed E-state index contributed by atoms with van der Waals surface area (Å²) in [6.07, 6.45) is 1.14. The Morgan fingerprint density at radius 2 is 1.19 bits per heavy atom. The van der Waals surface area contributed by atoms with Gasteiger partial charge in [0, 0.05) is 16.5 Å². The van der Waals surface area contributed by atoms with Gasteiger partial charge in [-0.2, -0.15) is 0 Å². The van der Waals surface area contributed by atoms with Crippen molar-refractivity contribution in [3.8, 4) is 11.5 Å². The number of phosphoric ester groups is 1. The zero-order valence-electron chi connectivity index (χ0n) is 18.8. The van der Waals surface area contributed by atoms with Crippen molar-refractivity contribution in [2.24, 2.45) is 5.92 Å². The van der Waals surface area contributed by atoms with Crippen LogP contribution < -0.4 is 9.05 Å². The molecule has 0 bridgehead atoms. The first-order valence-corrected chi connectivity index (χ1v) is 12.9. The zero-order valence-corrected chi connectivity index (χ0v) is 20.4. The molecule has 0 saturated heterocycles. The molecule has 2 unspecified atom stereocenters. The van der Waals surface area contributed by atoms with Gasteiger partial charge in [-0.25, -0.2) is 4.57 Å². The van der Waals surface area contributed by atoms with Crippen molar-refractivity contribution < 1.29 is 23.3 Å². The molecule has 0 heterocycles. The summed E-state index contributed by atoms with van der Waals surface area (Å²) in [5, 5.41) is 0.646. The number of phosphoric acid groups is 1. The van der Waals surface area contributed by atoms with E-state index in [9.17, 15) is 14.3 Å². The second-order valence-electron chi connectivity index (χ2n) is 8.07.